The fourth-order valence-electron chi connectivity index (χ4n) is 2.08. The van der Waals surface area contributed by atoms with Gasteiger partial charge in [0.05, 0.1) is 0 Å². The molecule has 0 bridgehead atoms. The highest BCUT2D eigenvalue weighted by molar-refractivity contribution is 4.57. The summed E-state index contributed by atoms with van der Waals surface area (Å²) in [5, 5.41) is 17.8. The first-order chi connectivity index (χ1) is 7.85. The van der Waals surface area contributed by atoms with E-state index in [1.165, 1.54) is 51.4 Å². The van der Waals surface area contributed by atoms with Gasteiger partial charge in [0, 0.05) is 13.2 Å². The molecule has 0 fully saturated rings. The van der Waals surface area contributed by atoms with Crippen LogP contribution in [0.15, 0.2) is 0 Å². The van der Waals surface area contributed by atoms with E-state index < -0.39 is 0 Å². The van der Waals surface area contributed by atoms with Crippen LogP contribution in [0, 0.1) is 5.92 Å². The number of hydrogen-bond donors (Lipinski definition) is 2. The van der Waals surface area contributed by atoms with Gasteiger partial charge in [-0.25, -0.2) is 0 Å². The summed E-state index contributed by atoms with van der Waals surface area (Å²) in [5.74, 6) is 0.324. The van der Waals surface area contributed by atoms with E-state index in [1.54, 1.807) is 0 Å². The molecule has 0 aliphatic heterocycles. The van der Waals surface area contributed by atoms with E-state index in [0.717, 1.165) is 12.8 Å². The van der Waals surface area contributed by atoms with Crippen molar-refractivity contribution in [3.63, 3.8) is 0 Å². The van der Waals surface area contributed by atoms with Gasteiger partial charge in [-0.05, 0) is 18.8 Å². The zero-order valence-corrected chi connectivity index (χ0v) is 11.0. The highest BCUT2D eigenvalue weighted by Gasteiger charge is 2.05. The van der Waals surface area contributed by atoms with Gasteiger partial charge in [0.15, 0.2) is 0 Å². The normalized spacial score (nSPS) is 12.9. The lowest BCUT2D eigenvalue weighted by atomic mass is 9.98. The lowest BCUT2D eigenvalue weighted by Crippen LogP contribution is -2.07. The highest BCUT2D eigenvalue weighted by atomic mass is 16.3. The first-order valence-electron chi connectivity index (χ1n) is 7.06. The molecule has 0 aromatic heterocycles. The molecule has 1 atom stereocenters. The number of unbranched alkanes of at least 4 members (excludes halogenated alkanes) is 7. The average molecular weight is 230 g/mol. The van der Waals surface area contributed by atoms with E-state index in [1.807, 2.05) is 0 Å². The van der Waals surface area contributed by atoms with Gasteiger partial charge in [-0.1, -0.05) is 58.3 Å². The molecule has 1 unspecified atom stereocenters. The van der Waals surface area contributed by atoms with Crippen LogP contribution >= 0.6 is 0 Å². The second-order valence-corrected chi connectivity index (χ2v) is 4.82. The second-order valence-electron chi connectivity index (χ2n) is 4.82. The minimum absolute atomic E-state index is 0.211. The first kappa shape index (κ1) is 15.9. The molecule has 0 heterocycles. The zero-order chi connectivity index (χ0) is 12.1. The van der Waals surface area contributed by atoms with Crippen molar-refractivity contribution in [1.82, 2.24) is 0 Å². The molecule has 0 radical (unpaired) electrons. The van der Waals surface area contributed by atoms with E-state index >= 15 is 0 Å². The summed E-state index contributed by atoms with van der Waals surface area (Å²) < 4.78 is 0. The fraction of sp³-hybridized carbons (Fsp3) is 1.00. The molecule has 0 aromatic carbocycles. The van der Waals surface area contributed by atoms with Crippen molar-refractivity contribution in [2.45, 2.75) is 71.1 Å². The summed E-state index contributed by atoms with van der Waals surface area (Å²) in [6.45, 7) is 2.69. The van der Waals surface area contributed by atoms with Crippen LogP contribution in [0.1, 0.15) is 71.1 Å². The molecule has 0 aliphatic carbocycles. The van der Waals surface area contributed by atoms with Gasteiger partial charge in [-0.15, -0.1) is 0 Å². The van der Waals surface area contributed by atoms with Gasteiger partial charge in [0.2, 0.25) is 0 Å². The lowest BCUT2D eigenvalue weighted by Gasteiger charge is -2.11. The molecule has 0 saturated heterocycles. The summed E-state index contributed by atoms with van der Waals surface area (Å²) in [6, 6.07) is 0. The van der Waals surface area contributed by atoms with Gasteiger partial charge in [-0.3, -0.25) is 0 Å². The van der Waals surface area contributed by atoms with Gasteiger partial charge in [0.25, 0.3) is 0 Å². The van der Waals surface area contributed by atoms with Gasteiger partial charge < -0.3 is 10.2 Å². The highest BCUT2D eigenvalue weighted by Crippen LogP contribution is 2.15. The van der Waals surface area contributed by atoms with E-state index in [9.17, 15) is 0 Å². The molecular formula is C14H30O2. The summed E-state index contributed by atoms with van der Waals surface area (Å²) in [4.78, 5) is 0. The summed E-state index contributed by atoms with van der Waals surface area (Å²) in [7, 11) is 0. The SMILES string of the molecule is CCCCCCCCCCC(CO)CCO. The lowest BCUT2D eigenvalue weighted by molar-refractivity contribution is 0.174. The Bertz CT molecular complexity index is 126. The van der Waals surface area contributed by atoms with Gasteiger partial charge in [0.1, 0.15) is 0 Å². The Morgan fingerprint density at radius 1 is 0.750 bits per heavy atom. The number of aliphatic hydroxyl groups excluding tert-OH is 2. The monoisotopic (exact) mass is 230 g/mol. The Morgan fingerprint density at radius 2 is 1.31 bits per heavy atom. The molecule has 2 nitrogen and oxygen atoms in total. The van der Waals surface area contributed by atoms with E-state index in [0.29, 0.717) is 5.92 Å². The summed E-state index contributed by atoms with van der Waals surface area (Å²) >= 11 is 0. The van der Waals surface area contributed by atoms with Crippen LogP contribution in [0.4, 0.5) is 0 Å². The Labute approximate surface area is 101 Å². The molecule has 0 amide bonds. The molecular weight excluding hydrogens is 200 g/mol. The molecule has 2 N–H and O–H groups in total. The Kier molecular flexibility index (Phi) is 12.9. The predicted molar refractivity (Wildman–Crippen MR) is 69.5 cm³/mol. The summed E-state index contributed by atoms with van der Waals surface area (Å²) in [5.41, 5.74) is 0. The molecule has 0 rings (SSSR count). The van der Waals surface area contributed by atoms with Crippen LogP contribution in [-0.4, -0.2) is 23.4 Å². The third-order valence-electron chi connectivity index (χ3n) is 3.26. The molecule has 0 spiro atoms. The van der Waals surface area contributed by atoms with Gasteiger partial charge in [-0.2, -0.15) is 0 Å². The standard InChI is InChI=1S/C14H30O2/c1-2-3-4-5-6-7-8-9-10-14(13-16)11-12-15/h14-16H,2-13H2,1H3. The van der Waals surface area contributed by atoms with Crippen molar-refractivity contribution in [1.29, 1.82) is 0 Å². The van der Waals surface area contributed by atoms with E-state index in [4.69, 9.17) is 10.2 Å². The Morgan fingerprint density at radius 3 is 1.81 bits per heavy atom. The minimum Gasteiger partial charge on any atom is -0.396 e. The Hall–Kier alpha value is -0.0800. The minimum atomic E-state index is 0.211. The quantitative estimate of drug-likeness (QED) is 0.504. The van der Waals surface area contributed by atoms with Crippen LogP contribution in [0.3, 0.4) is 0 Å². The average Bonchev–Trinajstić information content (AvgIpc) is 2.31. The van der Waals surface area contributed by atoms with Crippen molar-refractivity contribution in [3.8, 4) is 0 Å². The molecule has 0 aromatic rings. The molecule has 2 heteroatoms. The van der Waals surface area contributed by atoms with Crippen LogP contribution in [-0.2, 0) is 0 Å². The van der Waals surface area contributed by atoms with Crippen molar-refractivity contribution in [3.05, 3.63) is 0 Å². The van der Waals surface area contributed by atoms with Gasteiger partial charge >= 0.3 is 0 Å². The zero-order valence-electron chi connectivity index (χ0n) is 11.0. The first-order valence-corrected chi connectivity index (χ1v) is 7.06. The number of rotatable bonds is 12. The smallest absolute Gasteiger partial charge is 0.0460 e. The Balaban J connectivity index is 3.12. The maximum absolute atomic E-state index is 9.05. The van der Waals surface area contributed by atoms with Crippen molar-refractivity contribution >= 4 is 0 Å². The molecule has 0 aliphatic rings. The number of hydrogen-bond acceptors (Lipinski definition) is 2. The van der Waals surface area contributed by atoms with Crippen LogP contribution in [0.25, 0.3) is 0 Å². The van der Waals surface area contributed by atoms with Crippen molar-refractivity contribution in [2.24, 2.45) is 5.92 Å². The molecule has 98 valence electrons. The van der Waals surface area contributed by atoms with E-state index in [2.05, 4.69) is 6.92 Å². The third-order valence-corrected chi connectivity index (χ3v) is 3.26. The fourth-order valence-corrected chi connectivity index (χ4v) is 2.08. The largest absolute Gasteiger partial charge is 0.396 e. The van der Waals surface area contributed by atoms with Crippen molar-refractivity contribution in [2.75, 3.05) is 13.2 Å². The maximum Gasteiger partial charge on any atom is 0.0460 e. The van der Waals surface area contributed by atoms with Crippen LogP contribution < -0.4 is 0 Å². The predicted octanol–water partition coefficient (Wildman–Crippen LogP) is 3.51. The van der Waals surface area contributed by atoms with Crippen LogP contribution in [0.5, 0.6) is 0 Å². The maximum atomic E-state index is 9.05. The van der Waals surface area contributed by atoms with E-state index in [-0.39, 0.29) is 13.2 Å². The molecule has 16 heavy (non-hydrogen) atoms. The van der Waals surface area contributed by atoms with Crippen molar-refractivity contribution < 1.29 is 10.2 Å². The third kappa shape index (κ3) is 10.4. The van der Waals surface area contributed by atoms with Crippen LogP contribution in [0.2, 0.25) is 0 Å². The summed E-state index contributed by atoms with van der Waals surface area (Å²) in [6.07, 6.45) is 12.5. The number of aliphatic hydroxyl groups is 2. The topological polar surface area (TPSA) is 40.5 Å². The molecule has 0 saturated carbocycles. The second kappa shape index (κ2) is 13.0.